The monoisotopic (exact) mass is 181 g/mol. The maximum Gasteiger partial charge on any atom is 0.146 e. The molecule has 0 aliphatic rings. The van der Waals surface area contributed by atoms with Gasteiger partial charge in [-0.05, 0) is 12.1 Å². The van der Waals surface area contributed by atoms with Crippen molar-refractivity contribution in [3.8, 4) is 0 Å². The molecule has 3 nitrogen and oxygen atoms in total. The third-order valence-electron chi connectivity index (χ3n) is 0.871. The van der Waals surface area contributed by atoms with E-state index in [4.69, 9.17) is 11.5 Å². The zero-order chi connectivity index (χ0) is 5.98. The highest BCUT2D eigenvalue weighted by Gasteiger charge is 1.87. The first-order valence-electron chi connectivity index (χ1n) is 2.26. The molecule has 1 aromatic heterocycles. The highest BCUT2D eigenvalue weighted by molar-refractivity contribution is 5.85. The number of aromatic nitrogens is 1. The van der Waals surface area contributed by atoms with Crippen LogP contribution in [0.4, 0.5) is 11.5 Å². The van der Waals surface area contributed by atoms with E-state index in [1.165, 1.54) is 0 Å². The predicted molar refractivity (Wildman–Crippen MR) is 47.6 cm³/mol. The number of nitrogen functional groups attached to an aromatic ring is 2. The Kier molecular flexibility index (Phi) is 6.20. The van der Waals surface area contributed by atoms with Crippen LogP contribution in [0.25, 0.3) is 0 Å². The van der Waals surface area contributed by atoms with E-state index in [1.54, 1.807) is 18.3 Å². The van der Waals surface area contributed by atoms with Crippen molar-refractivity contribution in [1.82, 2.24) is 4.98 Å². The van der Waals surface area contributed by atoms with Crippen molar-refractivity contribution >= 4 is 36.3 Å². The summed E-state index contributed by atoms with van der Waals surface area (Å²) in [4.78, 5) is 3.73. The summed E-state index contributed by atoms with van der Waals surface area (Å²) < 4.78 is 0. The first-order valence-corrected chi connectivity index (χ1v) is 2.26. The third kappa shape index (κ3) is 2.75. The molecule has 0 radical (unpaired) electrons. The van der Waals surface area contributed by atoms with Crippen LogP contribution in [0, 0.1) is 0 Å². The summed E-state index contributed by atoms with van der Waals surface area (Å²) in [6.45, 7) is 0. The minimum Gasteiger partial charge on any atom is -0.396 e. The maximum atomic E-state index is 5.33. The first kappa shape index (κ1) is 12.0. The smallest absolute Gasteiger partial charge is 0.146 e. The number of hydrogen-bond donors (Lipinski definition) is 2. The molecule has 1 heterocycles. The van der Waals surface area contributed by atoms with Crippen LogP contribution in [-0.4, -0.2) is 4.98 Å². The van der Waals surface area contributed by atoms with E-state index in [0.717, 1.165) is 0 Å². The molecule has 4 N–H and O–H groups in total. The lowest BCUT2D eigenvalue weighted by Crippen LogP contribution is -1.95. The van der Waals surface area contributed by atoms with Crippen molar-refractivity contribution < 1.29 is 0 Å². The fourth-order valence-electron chi connectivity index (χ4n) is 0.430. The predicted octanol–water partition coefficient (Wildman–Crippen LogP) is 1.09. The molecule has 0 aromatic carbocycles. The summed E-state index contributed by atoms with van der Waals surface area (Å²) in [5.41, 5.74) is 11.2. The Morgan fingerprint density at radius 2 is 1.80 bits per heavy atom. The molecular weight excluding hydrogens is 173 g/mol. The Labute approximate surface area is 71.6 Å². The number of nitrogens with zero attached hydrogens (tertiary/aromatic N) is 1. The van der Waals surface area contributed by atoms with Crippen LogP contribution in [0.3, 0.4) is 0 Å². The summed E-state index contributed by atoms with van der Waals surface area (Å²) in [6.07, 6.45) is 1.60. The van der Waals surface area contributed by atoms with E-state index < -0.39 is 0 Å². The van der Waals surface area contributed by atoms with Crippen molar-refractivity contribution in [1.29, 1.82) is 0 Å². The number of pyridine rings is 1. The standard InChI is InChI=1S/C5H7N3.2ClH/c6-4-2-1-3-8-5(4)7;;/h1-3H,6H2,(H2,7,8);2*1H. The first-order chi connectivity index (χ1) is 3.80. The summed E-state index contributed by atoms with van der Waals surface area (Å²) in [5, 5.41) is 0. The van der Waals surface area contributed by atoms with Crippen molar-refractivity contribution in [2.24, 2.45) is 0 Å². The second-order valence-electron chi connectivity index (χ2n) is 1.48. The van der Waals surface area contributed by atoms with Gasteiger partial charge in [-0.25, -0.2) is 4.98 Å². The molecule has 0 atom stereocenters. The lowest BCUT2D eigenvalue weighted by Gasteiger charge is -1.92. The molecule has 10 heavy (non-hydrogen) atoms. The topological polar surface area (TPSA) is 64.9 Å². The van der Waals surface area contributed by atoms with Gasteiger partial charge in [-0.15, -0.1) is 24.8 Å². The average Bonchev–Trinajstić information content (AvgIpc) is 1.77. The van der Waals surface area contributed by atoms with Crippen LogP contribution in [0.2, 0.25) is 0 Å². The normalized spacial score (nSPS) is 7.20. The molecule has 0 aliphatic carbocycles. The second kappa shape index (κ2) is 5.14. The van der Waals surface area contributed by atoms with E-state index in [-0.39, 0.29) is 24.8 Å². The molecule has 0 saturated carbocycles. The molecule has 0 fully saturated rings. The van der Waals surface area contributed by atoms with Crippen molar-refractivity contribution in [2.45, 2.75) is 0 Å². The van der Waals surface area contributed by atoms with Gasteiger partial charge in [0.25, 0.3) is 0 Å². The number of nitrogens with two attached hydrogens (primary N) is 2. The van der Waals surface area contributed by atoms with Crippen LogP contribution in [0.1, 0.15) is 0 Å². The lowest BCUT2D eigenvalue weighted by atomic mass is 10.4. The Bertz CT molecular complexity index is 171. The molecule has 0 bridgehead atoms. The van der Waals surface area contributed by atoms with Crippen molar-refractivity contribution in [3.05, 3.63) is 18.3 Å². The lowest BCUT2D eigenvalue weighted by molar-refractivity contribution is 1.34. The Balaban J connectivity index is 0. The summed E-state index contributed by atoms with van der Waals surface area (Å²) >= 11 is 0. The number of anilines is 2. The van der Waals surface area contributed by atoms with E-state index >= 15 is 0 Å². The molecule has 0 saturated heterocycles. The summed E-state index contributed by atoms with van der Waals surface area (Å²) in [7, 11) is 0. The SMILES string of the molecule is Cl.Cl.Nc1cccnc1N. The highest BCUT2D eigenvalue weighted by Crippen LogP contribution is 2.06. The van der Waals surface area contributed by atoms with Gasteiger partial charge in [-0.3, -0.25) is 0 Å². The third-order valence-corrected chi connectivity index (χ3v) is 0.871. The Hall–Kier alpha value is -0.670. The second-order valence-corrected chi connectivity index (χ2v) is 1.48. The van der Waals surface area contributed by atoms with Crippen LogP contribution >= 0.6 is 24.8 Å². The molecular formula is C5H9Cl2N3. The Morgan fingerprint density at radius 1 is 1.20 bits per heavy atom. The van der Waals surface area contributed by atoms with Gasteiger partial charge in [0.2, 0.25) is 0 Å². The minimum atomic E-state index is 0. The van der Waals surface area contributed by atoms with Gasteiger partial charge in [0, 0.05) is 6.20 Å². The number of rotatable bonds is 0. The fraction of sp³-hybridized carbons (Fsp3) is 0. The van der Waals surface area contributed by atoms with Crippen LogP contribution in [0.15, 0.2) is 18.3 Å². The zero-order valence-electron chi connectivity index (χ0n) is 5.15. The van der Waals surface area contributed by atoms with Crippen molar-refractivity contribution in [3.63, 3.8) is 0 Å². The van der Waals surface area contributed by atoms with E-state index in [1.807, 2.05) is 0 Å². The zero-order valence-corrected chi connectivity index (χ0v) is 6.78. The molecule has 0 spiro atoms. The van der Waals surface area contributed by atoms with Gasteiger partial charge in [-0.2, -0.15) is 0 Å². The van der Waals surface area contributed by atoms with Gasteiger partial charge >= 0.3 is 0 Å². The summed E-state index contributed by atoms with van der Waals surface area (Å²) in [5.74, 6) is 0.396. The van der Waals surface area contributed by atoms with Crippen LogP contribution in [-0.2, 0) is 0 Å². The summed E-state index contributed by atoms with van der Waals surface area (Å²) in [6, 6.07) is 3.45. The molecule has 1 rings (SSSR count). The van der Waals surface area contributed by atoms with Gasteiger partial charge in [0.15, 0.2) is 0 Å². The number of halogens is 2. The van der Waals surface area contributed by atoms with E-state index in [9.17, 15) is 0 Å². The van der Waals surface area contributed by atoms with E-state index in [0.29, 0.717) is 11.5 Å². The van der Waals surface area contributed by atoms with Gasteiger partial charge in [-0.1, -0.05) is 0 Å². The van der Waals surface area contributed by atoms with Crippen molar-refractivity contribution in [2.75, 3.05) is 11.5 Å². The van der Waals surface area contributed by atoms with Crippen LogP contribution in [0.5, 0.6) is 0 Å². The minimum absolute atomic E-state index is 0. The molecule has 58 valence electrons. The number of hydrogen-bond acceptors (Lipinski definition) is 3. The fourth-order valence-corrected chi connectivity index (χ4v) is 0.430. The van der Waals surface area contributed by atoms with E-state index in [2.05, 4.69) is 4.98 Å². The quantitative estimate of drug-likeness (QED) is 0.631. The van der Waals surface area contributed by atoms with Gasteiger partial charge in [0.05, 0.1) is 5.69 Å². The molecule has 0 amide bonds. The molecule has 0 aliphatic heterocycles. The average molecular weight is 182 g/mol. The van der Waals surface area contributed by atoms with Gasteiger partial charge < -0.3 is 11.5 Å². The molecule has 5 heteroatoms. The molecule has 0 unspecified atom stereocenters. The highest BCUT2D eigenvalue weighted by atomic mass is 35.5. The van der Waals surface area contributed by atoms with Gasteiger partial charge in [0.1, 0.15) is 5.82 Å². The maximum absolute atomic E-state index is 5.33. The molecule has 1 aromatic rings. The Morgan fingerprint density at radius 3 is 2.10 bits per heavy atom. The largest absolute Gasteiger partial charge is 0.396 e. The van der Waals surface area contributed by atoms with Crippen LogP contribution < -0.4 is 11.5 Å².